The van der Waals surface area contributed by atoms with Gasteiger partial charge in [-0.2, -0.15) is 5.10 Å². The number of ether oxygens (including phenoxy) is 1. The molecule has 0 N–H and O–H groups in total. The van der Waals surface area contributed by atoms with E-state index >= 15 is 0 Å². The van der Waals surface area contributed by atoms with Gasteiger partial charge in [0, 0.05) is 34.6 Å². The lowest BCUT2D eigenvalue weighted by Gasteiger charge is -2.19. The number of aromatic nitrogens is 3. The average molecular weight is 458 g/mol. The molecule has 4 aromatic rings. The van der Waals surface area contributed by atoms with Gasteiger partial charge in [0.05, 0.1) is 5.69 Å². The Kier molecular flexibility index (Phi) is 5.65. The van der Waals surface area contributed by atoms with Crippen LogP contribution in [0.5, 0.6) is 5.75 Å². The number of rotatable bonds is 7. The fourth-order valence-electron chi connectivity index (χ4n) is 4.27. The van der Waals surface area contributed by atoms with Crippen molar-refractivity contribution in [1.82, 2.24) is 14.8 Å². The van der Waals surface area contributed by atoms with E-state index in [1.165, 1.54) is 19.1 Å². The Bertz CT molecular complexity index is 1380. The molecule has 1 saturated carbocycles. The van der Waals surface area contributed by atoms with Crippen LogP contribution in [0.2, 0.25) is 0 Å². The predicted molar refractivity (Wildman–Crippen MR) is 126 cm³/mol. The first-order valence-corrected chi connectivity index (χ1v) is 11.2. The summed E-state index contributed by atoms with van der Waals surface area (Å²) < 4.78 is 22.4. The largest absolute Gasteiger partial charge is 0.480 e. The third-order valence-corrected chi connectivity index (χ3v) is 6.25. The summed E-state index contributed by atoms with van der Waals surface area (Å²) >= 11 is 0. The van der Waals surface area contributed by atoms with Gasteiger partial charge in [-0.05, 0) is 80.1 Å². The van der Waals surface area contributed by atoms with Crippen molar-refractivity contribution < 1.29 is 13.9 Å². The number of hydrogen-bond acceptors (Lipinski definition) is 5. The van der Waals surface area contributed by atoms with Crippen molar-refractivity contribution in [1.29, 1.82) is 0 Å². The van der Waals surface area contributed by atoms with E-state index < -0.39 is 17.8 Å². The molecule has 34 heavy (non-hydrogen) atoms. The zero-order valence-corrected chi connectivity index (χ0v) is 18.9. The summed E-state index contributed by atoms with van der Waals surface area (Å²) in [4.78, 5) is 27.1. The molecule has 7 nitrogen and oxygen atoms in total. The first kappa shape index (κ1) is 21.9. The number of nitroso groups, excluding NO2 is 1. The van der Waals surface area contributed by atoms with E-state index in [0.29, 0.717) is 23.5 Å². The van der Waals surface area contributed by atoms with E-state index in [1.807, 2.05) is 31.3 Å². The lowest BCUT2D eigenvalue weighted by Crippen LogP contribution is -2.21. The highest BCUT2D eigenvalue weighted by Crippen LogP contribution is 2.44. The Hall–Kier alpha value is -3.94. The fraction of sp³-hybridized carbons (Fsp3) is 0.269. The fourth-order valence-corrected chi connectivity index (χ4v) is 4.27. The number of fused-ring (bicyclic) bond motifs is 1. The standard InChI is InChI=1S/C26H23FN4O3/c1-15-20(14-17-4-8-19(9-5-17)31-13-3-12-28-31)24(18-6-7-18)29-25-21(27)10-11-22(23(15)25)34-16(2)26(32)30-33/h3-5,8-13,16,18H,6-7,14H2,1-2H3/t16-/m0/s1. The molecule has 1 fully saturated rings. The lowest BCUT2D eigenvalue weighted by molar-refractivity contribution is -0.123. The van der Waals surface area contributed by atoms with E-state index in [9.17, 15) is 14.1 Å². The molecule has 1 atom stereocenters. The second-order valence-corrected chi connectivity index (χ2v) is 8.63. The van der Waals surface area contributed by atoms with Crippen molar-refractivity contribution >= 4 is 16.8 Å². The SMILES string of the molecule is Cc1c(Cc2ccc(-n3cccn3)cc2)c(C2CC2)nc2c(F)ccc(O[C@@H](C)C(=O)N=O)c12. The molecule has 2 aromatic carbocycles. The van der Waals surface area contributed by atoms with Crippen LogP contribution in [0.1, 0.15) is 48.1 Å². The molecule has 0 bridgehead atoms. The van der Waals surface area contributed by atoms with Gasteiger partial charge < -0.3 is 4.74 Å². The number of benzene rings is 2. The molecule has 1 amide bonds. The van der Waals surface area contributed by atoms with Crippen LogP contribution in [0.25, 0.3) is 16.6 Å². The number of halogens is 1. The molecular weight excluding hydrogens is 435 g/mol. The Morgan fingerprint density at radius 2 is 2.00 bits per heavy atom. The summed E-state index contributed by atoms with van der Waals surface area (Å²) in [6, 6.07) is 12.8. The highest BCUT2D eigenvalue weighted by molar-refractivity contribution is 5.91. The third-order valence-electron chi connectivity index (χ3n) is 6.25. The molecule has 8 heteroatoms. The number of amides is 1. The minimum Gasteiger partial charge on any atom is -0.480 e. The van der Waals surface area contributed by atoms with E-state index in [4.69, 9.17) is 9.72 Å². The van der Waals surface area contributed by atoms with Gasteiger partial charge in [0.15, 0.2) is 6.10 Å². The normalized spacial score (nSPS) is 14.2. The van der Waals surface area contributed by atoms with Crippen LogP contribution < -0.4 is 4.74 Å². The maximum atomic E-state index is 14.8. The van der Waals surface area contributed by atoms with Crippen molar-refractivity contribution in [3.05, 3.63) is 88.0 Å². The minimum atomic E-state index is -1.08. The number of aryl methyl sites for hydroxylation is 1. The van der Waals surface area contributed by atoms with Crippen LogP contribution in [0.3, 0.4) is 0 Å². The Balaban J connectivity index is 1.58. The molecule has 2 heterocycles. The first-order valence-electron chi connectivity index (χ1n) is 11.2. The second-order valence-electron chi connectivity index (χ2n) is 8.63. The van der Waals surface area contributed by atoms with Gasteiger partial charge in [0.2, 0.25) is 0 Å². The first-order chi connectivity index (χ1) is 16.5. The van der Waals surface area contributed by atoms with E-state index in [1.54, 1.807) is 10.9 Å². The molecule has 1 aliphatic rings. The summed E-state index contributed by atoms with van der Waals surface area (Å²) in [7, 11) is 0. The maximum absolute atomic E-state index is 14.8. The number of pyridine rings is 1. The molecule has 5 rings (SSSR count). The van der Waals surface area contributed by atoms with Crippen LogP contribution in [-0.4, -0.2) is 26.8 Å². The zero-order chi connectivity index (χ0) is 23.8. The summed E-state index contributed by atoms with van der Waals surface area (Å²) in [6.07, 6.45) is 5.22. The van der Waals surface area contributed by atoms with Crippen LogP contribution in [0.4, 0.5) is 4.39 Å². The molecule has 0 spiro atoms. The summed E-state index contributed by atoms with van der Waals surface area (Å²) in [5.74, 6) is -0.751. The monoisotopic (exact) mass is 458 g/mol. The maximum Gasteiger partial charge on any atom is 0.326 e. The molecule has 0 radical (unpaired) electrons. The molecule has 0 unspecified atom stereocenters. The third kappa shape index (κ3) is 4.07. The average Bonchev–Trinajstić information content (AvgIpc) is 3.55. The van der Waals surface area contributed by atoms with Crippen molar-refractivity contribution in [2.45, 2.75) is 45.1 Å². The summed E-state index contributed by atoms with van der Waals surface area (Å²) in [5.41, 5.74) is 5.07. The Morgan fingerprint density at radius 3 is 2.65 bits per heavy atom. The molecular formula is C26H23FN4O3. The molecule has 2 aromatic heterocycles. The minimum absolute atomic E-state index is 0.216. The highest BCUT2D eigenvalue weighted by Gasteiger charge is 2.30. The Morgan fingerprint density at radius 1 is 1.24 bits per heavy atom. The smallest absolute Gasteiger partial charge is 0.326 e. The predicted octanol–water partition coefficient (Wildman–Crippen LogP) is 5.40. The number of hydrogen-bond donors (Lipinski definition) is 0. The van der Waals surface area contributed by atoms with E-state index in [0.717, 1.165) is 40.9 Å². The quantitative estimate of drug-likeness (QED) is 0.346. The summed E-state index contributed by atoms with van der Waals surface area (Å²) in [5, 5.41) is 7.21. The van der Waals surface area contributed by atoms with Gasteiger partial charge in [-0.3, -0.25) is 4.79 Å². The highest BCUT2D eigenvalue weighted by atomic mass is 19.1. The van der Waals surface area contributed by atoms with Crippen LogP contribution in [-0.2, 0) is 11.2 Å². The molecule has 0 aliphatic heterocycles. The van der Waals surface area contributed by atoms with E-state index in [-0.39, 0.29) is 5.52 Å². The van der Waals surface area contributed by atoms with Gasteiger partial charge in [-0.25, -0.2) is 14.1 Å². The zero-order valence-electron chi connectivity index (χ0n) is 18.9. The Labute approximate surface area is 195 Å². The van der Waals surface area contributed by atoms with Crippen LogP contribution >= 0.6 is 0 Å². The van der Waals surface area contributed by atoms with E-state index in [2.05, 4.69) is 22.4 Å². The number of carbonyl (C=O) groups excluding carboxylic acids is 1. The van der Waals surface area contributed by atoms with Gasteiger partial charge in [-0.1, -0.05) is 12.1 Å². The van der Waals surface area contributed by atoms with Crippen LogP contribution in [0.15, 0.2) is 60.0 Å². The molecule has 0 saturated heterocycles. The van der Waals surface area contributed by atoms with Gasteiger partial charge in [0.25, 0.3) is 0 Å². The number of carbonyl (C=O) groups is 1. The van der Waals surface area contributed by atoms with Gasteiger partial charge in [-0.15, -0.1) is 4.91 Å². The second kappa shape index (κ2) is 8.78. The van der Waals surface area contributed by atoms with Crippen LogP contribution in [0, 0.1) is 17.6 Å². The lowest BCUT2D eigenvalue weighted by atomic mass is 9.93. The van der Waals surface area contributed by atoms with Crippen molar-refractivity contribution in [2.75, 3.05) is 0 Å². The number of nitrogens with zero attached hydrogens (tertiary/aromatic N) is 4. The van der Waals surface area contributed by atoms with Crippen molar-refractivity contribution in [3.63, 3.8) is 0 Å². The topological polar surface area (TPSA) is 86.4 Å². The molecule has 1 aliphatic carbocycles. The van der Waals surface area contributed by atoms with Gasteiger partial charge >= 0.3 is 5.91 Å². The molecule has 172 valence electrons. The van der Waals surface area contributed by atoms with Crippen molar-refractivity contribution in [2.24, 2.45) is 5.18 Å². The summed E-state index contributed by atoms with van der Waals surface area (Å²) in [6.45, 7) is 3.38. The van der Waals surface area contributed by atoms with Gasteiger partial charge in [0.1, 0.15) is 17.1 Å². The van der Waals surface area contributed by atoms with Crippen molar-refractivity contribution in [3.8, 4) is 11.4 Å².